The highest BCUT2D eigenvalue weighted by molar-refractivity contribution is 5.84. The van der Waals surface area contributed by atoms with Gasteiger partial charge in [-0.1, -0.05) is 0 Å². The number of phenols is 3. The van der Waals surface area contributed by atoms with E-state index in [9.17, 15) is 15.3 Å². The fourth-order valence-electron chi connectivity index (χ4n) is 2.24. The fourth-order valence-corrected chi connectivity index (χ4v) is 2.24. The lowest BCUT2D eigenvalue weighted by molar-refractivity contribution is 0.450. The third-order valence-corrected chi connectivity index (χ3v) is 3.41. The van der Waals surface area contributed by atoms with E-state index in [2.05, 4.69) is 0 Å². The Morgan fingerprint density at radius 3 is 2.36 bits per heavy atom. The number of aromatic hydroxyl groups is 3. The summed E-state index contributed by atoms with van der Waals surface area (Å²) in [5.41, 5.74) is 1.98. The molecular weight excluding hydrogens is 280 g/mol. The van der Waals surface area contributed by atoms with Gasteiger partial charge in [-0.3, -0.25) is 0 Å². The molecule has 0 radical (unpaired) electrons. The highest BCUT2D eigenvalue weighted by atomic mass is 16.3. The molecule has 22 heavy (non-hydrogen) atoms. The van der Waals surface area contributed by atoms with Gasteiger partial charge in [0.1, 0.15) is 17.2 Å². The summed E-state index contributed by atoms with van der Waals surface area (Å²) in [6, 6.07) is 13.1. The maximum absolute atomic E-state index is 9.83. The molecule has 0 atom stereocenters. The summed E-state index contributed by atoms with van der Waals surface area (Å²) in [5, 5.41) is 29.6. The molecule has 4 heteroatoms. The zero-order valence-corrected chi connectivity index (χ0v) is 11.9. The minimum atomic E-state index is -0.00205. The van der Waals surface area contributed by atoms with Gasteiger partial charge in [-0.15, -0.1) is 0 Å². The minimum Gasteiger partial charge on any atom is -0.508 e. The molecule has 0 unspecified atom stereocenters. The summed E-state index contributed by atoms with van der Waals surface area (Å²) in [5.74, 6) is 0.785. The van der Waals surface area contributed by atoms with Crippen molar-refractivity contribution in [2.24, 2.45) is 0 Å². The Bertz CT molecular complexity index is 881. The third kappa shape index (κ3) is 2.72. The second-order valence-corrected chi connectivity index (χ2v) is 5.09. The predicted molar refractivity (Wildman–Crippen MR) is 85.6 cm³/mol. The molecule has 0 aliphatic rings. The first kappa shape index (κ1) is 13.9. The molecule has 3 N–H and O–H groups in total. The fraction of sp³-hybridized carbons (Fsp3) is 0.0556. The monoisotopic (exact) mass is 295 g/mol. The summed E-state index contributed by atoms with van der Waals surface area (Å²) in [4.78, 5) is 0. The smallest absolute Gasteiger partial charge is 0.364 e. The Hall–Kier alpha value is -3.01. The van der Waals surface area contributed by atoms with Gasteiger partial charge >= 0.3 is 11.3 Å². The summed E-state index contributed by atoms with van der Waals surface area (Å²) >= 11 is 0. The number of rotatable bonds is 2. The third-order valence-electron chi connectivity index (χ3n) is 3.41. The molecule has 0 spiro atoms. The van der Waals surface area contributed by atoms with Gasteiger partial charge in [-0.05, 0) is 43.3 Å². The second-order valence-electron chi connectivity index (χ2n) is 5.09. The van der Waals surface area contributed by atoms with Crippen molar-refractivity contribution in [3.8, 4) is 17.2 Å². The van der Waals surface area contributed by atoms with Crippen LogP contribution in [0.2, 0.25) is 0 Å². The standard InChI is InChI=1S/C18H14O4/c1-11(8-13-3-6-14(19)9-16(13)21)17-7-4-12-2-5-15(20)10-18(12)22-17/h2-10H,1H3,(H2-,19,20,21)/p+1/b11-8+. The normalized spacial score (nSPS) is 11.8. The average Bonchev–Trinajstić information content (AvgIpc) is 2.49. The highest BCUT2D eigenvalue weighted by Gasteiger charge is 2.15. The van der Waals surface area contributed by atoms with E-state index in [4.69, 9.17) is 4.42 Å². The molecule has 0 aliphatic heterocycles. The molecule has 0 bridgehead atoms. The molecule has 4 nitrogen and oxygen atoms in total. The van der Waals surface area contributed by atoms with Gasteiger partial charge in [0.2, 0.25) is 0 Å². The number of benzene rings is 2. The number of phenolic OH excluding ortho intramolecular Hbond substituents is 3. The largest absolute Gasteiger partial charge is 0.508 e. The molecule has 0 amide bonds. The van der Waals surface area contributed by atoms with Crippen LogP contribution < -0.4 is 0 Å². The second kappa shape index (κ2) is 5.41. The van der Waals surface area contributed by atoms with Crippen LogP contribution in [0.15, 0.2) is 52.9 Å². The zero-order chi connectivity index (χ0) is 15.7. The summed E-state index contributed by atoms with van der Waals surface area (Å²) in [6.45, 7) is 1.86. The predicted octanol–water partition coefficient (Wildman–Crippen LogP) is 4.39. The maximum Gasteiger partial charge on any atom is 0.364 e. The molecule has 0 fully saturated rings. The Balaban J connectivity index is 2.03. The first-order valence-corrected chi connectivity index (χ1v) is 6.79. The Kier molecular flexibility index (Phi) is 3.43. The summed E-state index contributed by atoms with van der Waals surface area (Å²) < 4.78 is 5.78. The Labute approximate surface area is 127 Å². The van der Waals surface area contributed by atoms with Crippen molar-refractivity contribution in [1.29, 1.82) is 0 Å². The molecule has 0 saturated carbocycles. The van der Waals surface area contributed by atoms with Crippen LogP contribution in [-0.4, -0.2) is 15.3 Å². The van der Waals surface area contributed by atoms with E-state index in [0.717, 1.165) is 11.0 Å². The maximum atomic E-state index is 9.83. The number of fused-ring (bicyclic) bond motifs is 1. The van der Waals surface area contributed by atoms with Crippen LogP contribution in [0.3, 0.4) is 0 Å². The van der Waals surface area contributed by atoms with Crippen LogP contribution in [-0.2, 0) is 0 Å². The van der Waals surface area contributed by atoms with E-state index in [1.165, 1.54) is 12.1 Å². The Morgan fingerprint density at radius 1 is 0.909 bits per heavy atom. The lowest BCUT2D eigenvalue weighted by atomic mass is 10.1. The molecule has 3 rings (SSSR count). The van der Waals surface area contributed by atoms with Crippen LogP contribution in [0.5, 0.6) is 17.2 Å². The lowest BCUT2D eigenvalue weighted by Gasteiger charge is -2.00. The van der Waals surface area contributed by atoms with Gasteiger partial charge < -0.3 is 15.3 Å². The molecule has 0 saturated heterocycles. The van der Waals surface area contributed by atoms with Crippen molar-refractivity contribution in [2.75, 3.05) is 0 Å². The van der Waals surface area contributed by atoms with Gasteiger partial charge in [0.25, 0.3) is 0 Å². The zero-order valence-electron chi connectivity index (χ0n) is 11.9. The van der Waals surface area contributed by atoms with Crippen molar-refractivity contribution in [3.63, 3.8) is 0 Å². The van der Waals surface area contributed by atoms with E-state index in [-0.39, 0.29) is 17.2 Å². The van der Waals surface area contributed by atoms with Gasteiger partial charge in [-0.25, -0.2) is 4.42 Å². The van der Waals surface area contributed by atoms with E-state index >= 15 is 0 Å². The van der Waals surface area contributed by atoms with Crippen LogP contribution >= 0.6 is 0 Å². The van der Waals surface area contributed by atoms with E-state index in [1.54, 1.807) is 30.3 Å². The van der Waals surface area contributed by atoms with Crippen molar-refractivity contribution >= 4 is 22.6 Å². The quantitative estimate of drug-likeness (QED) is 0.613. The average molecular weight is 295 g/mol. The first-order chi connectivity index (χ1) is 10.5. The van der Waals surface area contributed by atoms with E-state index < -0.39 is 0 Å². The van der Waals surface area contributed by atoms with E-state index in [0.29, 0.717) is 16.9 Å². The molecule has 0 aliphatic carbocycles. The van der Waals surface area contributed by atoms with Crippen LogP contribution in [0.1, 0.15) is 18.2 Å². The molecule has 110 valence electrons. The molecular formula is C18H15O4+. The lowest BCUT2D eigenvalue weighted by Crippen LogP contribution is -1.82. The Morgan fingerprint density at radius 2 is 1.59 bits per heavy atom. The topological polar surface area (TPSA) is 72.0 Å². The molecule has 3 aromatic rings. The number of allylic oxidation sites excluding steroid dienone is 1. The SMILES string of the molecule is C/C(=C\c1ccc(O)cc1O)c1ccc2ccc(O)cc2[o+]1. The van der Waals surface area contributed by atoms with Gasteiger partial charge in [0, 0.05) is 17.7 Å². The number of hydrogen-bond acceptors (Lipinski definition) is 3. The molecule has 1 heterocycles. The van der Waals surface area contributed by atoms with Gasteiger partial charge in [0.15, 0.2) is 0 Å². The van der Waals surface area contributed by atoms with E-state index in [1.807, 2.05) is 19.1 Å². The van der Waals surface area contributed by atoms with Crippen LogP contribution in [0.25, 0.3) is 22.6 Å². The molecule has 2 aromatic carbocycles. The van der Waals surface area contributed by atoms with Crippen molar-refractivity contribution in [1.82, 2.24) is 0 Å². The van der Waals surface area contributed by atoms with Crippen molar-refractivity contribution < 1.29 is 19.7 Å². The first-order valence-electron chi connectivity index (χ1n) is 6.79. The van der Waals surface area contributed by atoms with Crippen LogP contribution in [0, 0.1) is 0 Å². The molecule has 1 aromatic heterocycles. The van der Waals surface area contributed by atoms with Gasteiger partial charge in [-0.2, -0.15) is 0 Å². The highest BCUT2D eigenvalue weighted by Crippen LogP contribution is 2.29. The number of hydrogen-bond donors (Lipinski definition) is 3. The minimum absolute atomic E-state index is 0.00205. The van der Waals surface area contributed by atoms with Crippen LogP contribution in [0.4, 0.5) is 0 Å². The summed E-state index contributed by atoms with van der Waals surface area (Å²) in [6.07, 6.45) is 1.77. The van der Waals surface area contributed by atoms with Gasteiger partial charge in [0.05, 0.1) is 17.0 Å². The summed E-state index contributed by atoms with van der Waals surface area (Å²) in [7, 11) is 0. The van der Waals surface area contributed by atoms with Crippen molar-refractivity contribution in [2.45, 2.75) is 6.92 Å². The van der Waals surface area contributed by atoms with Crippen molar-refractivity contribution in [3.05, 3.63) is 59.9 Å².